The number of benzene rings is 2. The summed E-state index contributed by atoms with van der Waals surface area (Å²) in [6.07, 6.45) is 0. The third-order valence-corrected chi connectivity index (χ3v) is 7.43. The largest absolute Gasteiger partial charge is 0.396 e. The Morgan fingerprint density at radius 1 is 0.875 bits per heavy atom. The molecule has 2 atom stereocenters. The van der Waals surface area contributed by atoms with E-state index in [9.17, 15) is 18.6 Å². The van der Waals surface area contributed by atoms with E-state index in [0.717, 1.165) is 16.7 Å². The first-order valence-electron chi connectivity index (χ1n) is 7.95. The molecule has 1 aliphatic rings. The highest BCUT2D eigenvalue weighted by Gasteiger charge is 2.70. The molecule has 2 aromatic carbocycles. The average Bonchev–Trinajstić information content (AvgIpc) is 3.26. The Bertz CT molecular complexity index is 819. The molecule has 0 aromatic heterocycles. The number of aliphatic hydroxyl groups excluding tert-OH is 2. The first-order valence-corrected chi connectivity index (χ1v) is 9.50. The van der Waals surface area contributed by atoms with Gasteiger partial charge in [0.25, 0.3) is 0 Å². The lowest BCUT2D eigenvalue weighted by atomic mass is 10.00. The Morgan fingerprint density at radius 3 is 1.79 bits per heavy atom. The Balaban J connectivity index is 2.04. The van der Waals surface area contributed by atoms with Crippen molar-refractivity contribution in [2.24, 2.45) is 5.41 Å². The smallest absolute Gasteiger partial charge is 0.182 e. The first-order chi connectivity index (χ1) is 11.4. The standard InChI is InChI=1S/C19H22O4S/c1-13-3-7-15(8-4-13)17-18(19(17,11-20)12-21)24(22,23)16-9-5-14(2)6-10-16/h3-10,17-18,20-21H,11-12H2,1-2H3/t17-,18+/m0/s1. The monoisotopic (exact) mass is 346 g/mol. The van der Waals surface area contributed by atoms with Crippen LogP contribution >= 0.6 is 0 Å². The molecule has 5 heteroatoms. The third-order valence-electron chi connectivity index (χ3n) is 5.09. The molecule has 0 saturated heterocycles. The van der Waals surface area contributed by atoms with Crippen LogP contribution in [0.3, 0.4) is 0 Å². The molecule has 4 nitrogen and oxygen atoms in total. The second-order valence-electron chi connectivity index (χ2n) is 6.72. The van der Waals surface area contributed by atoms with E-state index in [-0.39, 0.29) is 18.1 Å². The van der Waals surface area contributed by atoms with Gasteiger partial charge in [0.1, 0.15) is 0 Å². The van der Waals surface area contributed by atoms with Gasteiger partial charge in [0.2, 0.25) is 0 Å². The van der Waals surface area contributed by atoms with Crippen LogP contribution in [-0.2, 0) is 9.84 Å². The van der Waals surface area contributed by atoms with E-state index >= 15 is 0 Å². The molecule has 24 heavy (non-hydrogen) atoms. The van der Waals surface area contributed by atoms with E-state index in [4.69, 9.17) is 0 Å². The van der Waals surface area contributed by atoms with Gasteiger partial charge < -0.3 is 10.2 Å². The second kappa shape index (κ2) is 5.99. The topological polar surface area (TPSA) is 74.6 Å². The predicted molar refractivity (Wildman–Crippen MR) is 92.7 cm³/mol. The molecule has 0 unspecified atom stereocenters. The van der Waals surface area contributed by atoms with E-state index in [0.29, 0.717) is 0 Å². The second-order valence-corrected chi connectivity index (χ2v) is 8.79. The van der Waals surface area contributed by atoms with Crippen molar-refractivity contribution in [3.8, 4) is 0 Å². The highest BCUT2D eigenvalue weighted by atomic mass is 32.2. The van der Waals surface area contributed by atoms with Gasteiger partial charge in [-0.15, -0.1) is 0 Å². The molecule has 2 aromatic rings. The Morgan fingerprint density at radius 2 is 1.33 bits per heavy atom. The van der Waals surface area contributed by atoms with E-state index in [1.807, 2.05) is 38.1 Å². The van der Waals surface area contributed by atoms with E-state index in [1.54, 1.807) is 24.3 Å². The molecule has 0 bridgehead atoms. The molecule has 1 fully saturated rings. The number of aryl methyl sites for hydroxylation is 2. The number of aliphatic hydroxyl groups is 2. The summed E-state index contributed by atoms with van der Waals surface area (Å²) in [7, 11) is -3.64. The van der Waals surface area contributed by atoms with Crippen LogP contribution < -0.4 is 0 Å². The van der Waals surface area contributed by atoms with Crippen LogP contribution in [0.5, 0.6) is 0 Å². The van der Waals surface area contributed by atoms with Gasteiger partial charge in [-0.3, -0.25) is 0 Å². The van der Waals surface area contributed by atoms with Crippen LogP contribution in [0.1, 0.15) is 22.6 Å². The Kier molecular flexibility index (Phi) is 4.28. The van der Waals surface area contributed by atoms with E-state index in [2.05, 4.69) is 0 Å². The zero-order valence-corrected chi connectivity index (χ0v) is 14.6. The summed E-state index contributed by atoms with van der Waals surface area (Å²) < 4.78 is 26.1. The normalized spacial score (nSPS) is 22.3. The maximum absolute atomic E-state index is 13.1. The number of hydrogen-bond acceptors (Lipinski definition) is 4. The van der Waals surface area contributed by atoms with Crippen LogP contribution in [0.4, 0.5) is 0 Å². The third kappa shape index (κ3) is 2.57. The van der Waals surface area contributed by atoms with Crippen molar-refractivity contribution in [2.75, 3.05) is 13.2 Å². The predicted octanol–water partition coefficient (Wildman–Crippen LogP) is 2.21. The van der Waals surface area contributed by atoms with E-state index < -0.39 is 26.4 Å². The van der Waals surface area contributed by atoms with Crippen molar-refractivity contribution in [2.45, 2.75) is 29.9 Å². The maximum Gasteiger partial charge on any atom is 0.182 e. The van der Waals surface area contributed by atoms with Gasteiger partial charge in [-0.05, 0) is 31.5 Å². The molecule has 1 aliphatic carbocycles. The molecule has 3 rings (SSSR count). The van der Waals surface area contributed by atoms with Crippen molar-refractivity contribution in [3.05, 3.63) is 65.2 Å². The molecule has 0 aliphatic heterocycles. The lowest BCUT2D eigenvalue weighted by Gasteiger charge is -2.11. The van der Waals surface area contributed by atoms with Gasteiger partial charge in [-0.25, -0.2) is 8.42 Å². The lowest BCUT2D eigenvalue weighted by Crippen LogP contribution is -2.23. The Labute approximate surface area is 142 Å². The fourth-order valence-corrected chi connectivity index (χ4v) is 5.95. The number of sulfone groups is 1. The van der Waals surface area contributed by atoms with Gasteiger partial charge in [0.05, 0.1) is 23.4 Å². The van der Waals surface area contributed by atoms with Gasteiger partial charge in [-0.2, -0.15) is 0 Å². The van der Waals surface area contributed by atoms with Crippen molar-refractivity contribution in [3.63, 3.8) is 0 Å². The summed E-state index contributed by atoms with van der Waals surface area (Å²) in [5.74, 6) is -0.403. The summed E-state index contributed by atoms with van der Waals surface area (Å²) in [5.41, 5.74) is 1.87. The zero-order valence-electron chi connectivity index (χ0n) is 13.8. The maximum atomic E-state index is 13.1. The molecule has 0 spiro atoms. The summed E-state index contributed by atoms with van der Waals surface area (Å²) in [5, 5.41) is 18.9. The SMILES string of the molecule is Cc1ccc([C@H]2[C@@H](S(=O)(=O)c3ccc(C)cc3)C2(CO)CO)cc1. The minimum atomic E-state index is -3.64. The molecular formula is C19H22O4S. The Hall–Kier alpha value is -1.69. The van der Waals surface area contributed by atoms with Crippen LogP contribution in [0.2, 0.25) is 0 Å². The fraction of sp³-hybridized carbons (Fsp3) is 0.368. The highest BCUT2D eigenvalue weighted by Crippen LogP contribution is 2.63. The van der Waals surface area contributed by atoms with Crippen LogP contribution in [0, 0.1) is 19.3 Å². The quantitative estimate of drug-likeness (QED) is 0.870. The summed E-state index contributed by atoms with van der Waals surface area (Å²) in [6, 6.07) is 14.3. The van der Waals surface area contributed by atoms with Gasteiger partial charge in [0.15, 0.2) is 9.84 Å². The van der Waals surface area contributed by atoms with Crippen molar-refractivity contribution in [1.29, 1.82) is 0 Å². The van der Waals surface area contributed by atoms with Gasteiger partial charge >= 0.3 is 0 Å². The van der Waals surface area contributed by atoms with Gasteiger partial charge in [0, 0.05) is 11.3 Å². The molecule has 0 radical (unpaired) electrons. The van der Waals surface area contributed by atoms with Crippen LogP contribution in [0.15, 0.2) is 53.4 Å². The van der Waals surface area contributed by atoms with Gasteiger partial charge in [-0.1, -0.05) is 47.5 Å². The van der Waals surface area contributed by atoms with Crippen molar-refractivity contribution < 1.29 is 18.6 Å². The van der Waals surface area contributed by atoms with Crippen LogP contribution in [-0.4, -0.2) is 37.1 Å². The molecule has 128 valence electrons. The van der Waals surface area contributed by atoms with Crippen molar-refractivity contribution >= 4 is 9.84 Å². The fourth-order valence-electron chi connectivity index (χ4n) is 3.52. The lowest BCUT2D eigenvalue weighted by molar-refractivity contribution is 0.130. The number of rotatable bonds is 5. The first kappa shape index (κ1) is 17.1. The minimum absolute atomic E-state index is 0.235. The minimum Gasteiger partial charge on any atom is -0.396 e. The summed E-state index contributed by atoms with van der Waals surface area (Å²) >= 11 is 0. The summed E-state index contributed by atoms with van der Waals surface area (Å²) in [6.45, 7) is 3.13. The molecule has 2 N–H and O–H groups in total. The van der Waals surface area contributed by atoms with E-state index in [1.165, 1.54) is 0 Å². The highest BCUT2D eigenvalue weighted by molar-refractivity contribution is 7.92. The van der Waals surface area contributed by atoms with Crippen molar-refractivity contribution in [1.82, 2.24) is 0 Å². The average molecular weight is 346 g/mol. The molecule has 1 saturated carbocycles. The molecular weight excluding hydrogens is 324 g/mol. The molecule has 0 amide bonds. The zero-order chi connectivity index (χ0) is 17.5. The molecule has 0 heterocycles. The number of hydrogen-bond donors (Lipinski definition) is 2. The summed E-state index contributed by atoms with van der Waals surface area (Å²) in [4.78, 5) is 0.235. The van der Waals surface area contributed by atoms with Crippen LogP contribution in [0.25, 0.3) is 0 Å².